The molecule has 0 aliphatic rings. The predicted molar refractivity (Wildman–Crippen MR) is 38.3 cm³/mol. The lowest BCUT2D eigenvalue weighted by Crippen LogP contribution is -1.61. The van der Waals surface area contributed by atoms with E-state index in [0.717, 1.165) is 0 Å². The number of hydrogen-bond donors (Lipinski definition) is 1. The van der Waals surface area contributed by atoms with Crippen LogP contribution in [-0.4, -0.2) is 4.98 Å². The van der Waals surface area contributed by atoms with Crippen molar-refractivity contribution in [2.24, 2.45) is 0 Å². The molecule has 0 aliphatic carbocycles. The molecule has 1 heteroatoms. The van der Waals surface area contributed by atoms with Gasteiger partial charge in [-0.2, -0.15) is 0 Å². The Balaban J connectivity index is 2.95. The smallest absolute Gasteiger partial charge is 0.0453 e. The molecule has 0 spiro atoms. The van der Waals surface area contributed by atoms with Crippen molar-refractivity contribution < 1.29 is 0 Å². The molecule has 0 fully saturated rings. The zero-order valence-electron chi connectivity index (χ0n) is 4.96. The quantitative estimate of drug-likeness (QED) is 0.547. The van der Waals surface area contributed by atoms with E-state index in [1.165, 1.54) is 10.9 Å². The van der Waals surface area contributed by atoms with Crippen molar-refractivity contribution in [1.29, 1.82) is 0 Å². The minimum absolute atomic E-state index is 1.21. The molecule has 0 saturated carbocycles. The highest BCUT2D eigenvalue weighted by Gasteiger charge is 1.86. The number of benzene rings is 1. The van der Waals surface area contributed by atoms with Gasteiger partial charge in [0.1, 0.15) is 0 Å². The first-order valence-corrected chi connectivity index (χ1v) is 2.99. The number of rotatable bonds is 0. The summed E-state index contributed by atoms with van der Waals surface area (Å²) in [5, 5.41) is 1.28. The minimum atomic E-state index is 1.21. The molecule has 0 radical (unpaired) electrons. The topological polar surface area (TPSA) is 15.8 Å². The number of fused-ring (bicyclic) bond motifs is 1. The normalized spacial score (nSPS) is 10.2. The summed E-state index contributed by atoms with van der Waals surface area (Å²) in [5.74, 6) is 0. The van der Waals surface area contributed by atoms with Crippen molar-refractivity contribution in [1.82, 2.24) is 4.98 Å². The summed E-state index contributed by atoms with van der Waals surface area (Å²) < 4.78 is 0. The summed E-state index contributed by atoms with van der Waals surface area (Å²) in [6.45, 7) is 0. The van der Waals surface area contributed by atoms with Crippen molar-refractivity contribution in [3.8, 4) is 0 Å². The second-order valence-corrected chi connectivity index (χ2v) is 2.06. The Bertz CT molecular complexity index is 279. The van der Waals surface area contributed by atoms with Gasteiger partial charge in [0.25, 0.3) is 0 Å². The van der Waals surface area contributed by atoms with E-state index in [1.807, 2.05) is 18.3 Å². The van der Waals surface area contributed by atoms with E-state index < -0.39 is 0 Å². The van der Waals surface area contributed by atoms with Gasteiger partial charge in [0, 0.05) is 11.7 Å². The van der Waals surface area contributed by atoms with Crippen molar-refractivity contribution in [3.05, 3.63) is 36.5 Å². The van der Waals surface area contributed by atoms with Gasteiger partial charge in [-0.05, 0) is 17.5 Å². The number of para-hydroxylation sites is 1. The monoisotopic (exact) mass is 119 g/mol. The first-order chi connectivity index (χ1) is 4.47. The predicted octanol–water partition coefficient (Wildman–Crippen LogP) is 2.17. The third-order valence-corrected chi connectivity index (χ3v) is 1.46. The van der Waals surface area contributed by atoms with Gasteiger partial charge >= 0.3 is 0 Å². The minimum Gasteiger partial charge on any atom is -0.361 e. The van der Waals surface area contributed by atoms with Crippen molar-refractivity contribution >= 4 is 10.9 Å². The Kier molecular flexibility index (Phi) is 0.833. The second-order valence-electron chi connectivity index (χ2n) is 2.06. The fourth-order valence-corrected chi connectivity index (χ4v) is 0.995. The van der Waals surface area contributed by atoms with Crippen LogP contribution in [0.5, 0.6) is 0 Å². The van der Waals surface area contributed by atoms with E-state index in [1.54, 1.807) is 0 Å². The maximum Gasteiger partial charge on any atom is 0.0453 e. The molecule has 2 aromatic rings. The Morgan fingerprint density at radius 1 is 1.00 bits per heavy atom. The molecule has 1 heterocycles. The summed E-state index contributed by atoms with van der Waals surface area (Å²) in [6.07, 6.45) is 1.95. The van der Waals surface area contributed by atoms with E-state index in [9.17, 15) is 0 Å². The molecule has 0 aliphatic heterocycles. The first kappa shape index (κ1) is 4.62. The number of H-pyrrole nitrogens is 1. The van der Waals surface area contributed by atoms with Crippen LogP contribution in [0.4, 0.5) is 0 Å². The molecule has 0 saturated heterocycles. The summed E-state index contributed by atoms with van der Waals surface area (Å²) in [4.78, 5) is 3.12. The van der Waals surface area contributed by atoms with Gasteiger partial charge in [0.05, 0.1) is 0 Å². The highest BCUT2D eigenvalue weighted by molar-refractivity contribution is 5.78. The second kappa shape index (κ2) is 1.62. The highest BCUT2D eigenvalue weighted by atomic mass is 14.9. The molecule has 1 aromatic heterocycles. The zero-order chi connectivity index (χ0) is 6.10. The molecule has 9 heavy (non-hydrogen) atoms. The van der Waals surface area contributed by atoms with Gasteiger partial charge in [-0.1, -0.05) is 18.2 Å². The Morgan fingerprint density at radius 2 is 1.89 bits per heavy atom. The third-order valence-electron chi connectivity index (χ3n) is 1.46. The lowest BCUT2D eigenvalue weighted by Gasteiger charge is -1.83. The van der Waals surface area contributed by atoms with E-state index >= 15 is 0 Å². The first-order valence-electron chi connectivity index (χ1n) is 2.99. The summed E-state index contributed by atoms with van der Waals surface area (Å²) >= 11 is 0. The maximum absolute atomic E-state index is 3.12. The van der Waals surface area contributed by atoms with Crippen molar-refractivity contribution in [3.63, 3.8) is 0 Å². The van der Waals surface area contributed by atoms with E-state index in [2.05, 4.69) is 23.2 Å². The average Bonchev–Trinajstić information content (AvgIpc) is 2.33. The fraction of sp³-hybridized carbons (Fsp3) is 0. The summed E-state index contributed by atoms with van der Waals surface area (Å²) in [6, 6.07) is 10.3. The average molecular weight is 119 g/mol. The Morgan fingerprint density at radius 3 is 2.78 bits per heavy atom. The van der Waals surface area contributed by atoms with E-state index in [4.69, 9.17) is 0 Å². The summed E-state index contributed by atoms with van der Waals surface area (Å²) in [7, 11) is 0. The molecule has 1 nitrogen and oxygen atoms in total. The van der Waals surface area contributed by atoms with Gasteiger partial charge < -0.3 is 4.98 Å². The standard InChI is InChI=1S/C8H7N/c1-2-4-8-7(3-1)5-6-9-8/h1-6,9H/i7+1,8+1. The van der Waals surface area contributed by atoms with Crippen LogP contribution in [0.15, 0.2) is 36.5 Å². The van der Waals surface area contributed by atoms with Crippen LogP contribution < -0.4 is 0 Å². The number of nitrogens with one attached hydrogen (secondary N) is 1. The lowest BCUT2D eigenvalue weighted by atomic mass is 10.5. The van der Waals surface area contributed by atoms with Crippen LogP contribution in [0, 0.1) is 0 Å². The van der Waals surface area contributed by atoms with E-state index in [0.29, 0.717) is 0 Å². The van der Waals surface area contributed by atoms with Gasteiger partial charge in [-0.3, -0.25) is 0 Å². The van der Waals surface area contributed by atoms with Gasteiger partial charge in [-0.25, -0.2) is 0 Å². The number of hydrogen-bond acceptors (Lipinski definition) is 0. The molecule has 1 N–H and O–H groups in total. The SMILES string of the molecule is c1cc[13c]2[nH]cc[13c]2c1. The summed E-state index contributed by atoms with van der Waals surface area (Å²) in [5.41, 5.74) is 1.21. The highest BCUT2D eigenvalue weighted by Crippen LogP contribution is 2.09. The van der Waals surface area contributed by atoms with Crippen molar-refractivity contribution in [2.45, 2.75) is 0 Å². The fourth-order valence-electron chi connectivity index (χ4n) is 0.995. The van der Waals surface area contributed by atoms with Crippen LogP contribution in [0.25, 0.3) is 10.9 Å². The largest absolute Gasteiger partial charge is 0.361 e. The van der Waals surface area contributed by atoms with Crippen LogP contribution >= 0.6 is 0 Å². The molecule has 0 atom stereocenters. The lowest BCUT2D eigenvalue weighted by molar-refractivity contribution is 1.48. The Hall–Kier alpha value is -1.24. The van der Waals surface area contributed by atoms with Gasteiger partial charge in [0.2, 0.25) is 0 Å². The molecule has 2 rings (SSSR count). The van der Waals surface area contributed by atoms with Crippen molar-refractivity contribution in [2.75, 3.05) is 0 Å². The molecule has 0 bridgehead atoms. The van der Waals surface area contributed by atoms with Crippen LogP contribution in [0.1, 0.15) is 0 Å². The molecule has 0 amide bonds. The maximum atomic E-state index is 3.12. The number of aromatic amines is 1. The van der Waals surface area contributed by atoms with Crippen LogP contribution in [-0.2, 0) is 0 Å². The number of aromatic nitrogens is 1. The molecular formula is C8H7N. The zero-order valence-corrected chi connectivity index (χ0v) is 4.96. The molecular weight excluding hydrogens is 112 g/mol. The molecule has 0 unspecified atom stereocenters. The van der Waals surface area contributed by atoms with Gasteiger partial charge in [0.15, 0.2) is 0 Å². The van der Waals surface area contributed by atoms with E-state index in [-0.39, 0.29) is 0 Å². The van der Waals surface area contributed by atoms with Crippen LogP contribution in [0.2, 0.25) is 0 Å². The Labute approximate surface area is 53.3 Å². The van der Waals surface area contributed by atoms with Crippen LogP contribution in [0.3, 0.4) is 0 Å². The van der Waals surface area contributed by atoms with Gasteiger partial charge in [-0.15, -0.1) is 0 Å². The molecule has 1 aromatic carbocycles. The third kappa shape index (κ3) is 0.617. The molecule has 44 valence electrons.